The van der Waals surface area contributed by atoms with Crippen molar-refractivity contribution in [3.05, 3.63) is 51.7 Å². The number of thiophene rings is 2. The SMILES string of the molecule is CCCCCCCCCCc1nc2c(C)ccc(-c3cc4c(s3)-c3sc(C)cc3C(CC(CC)CCCC)(CC(CC)CCCC)O4)c2nc1CCCCCCCCCC. The maximum Gasteiger partial charge on any atom is 0.140 e. The first-order valence-corrected chi connectivity index (χ1v) is 27.2. The summed E-state index contributed by atoms with van der Waals surface area (Å²) < 4.78 is 7.64. The van der Waals surface area contributed by atoms with Crippen molar-refractivity contribution in [3.63, 3.8) is 0 Å². The van der Waals surface area contributed by atoms with Gasteiger partial charge in [0.05, 0.1) is 32.2 Å². The van der Waals surface area contributed by atoms with Crippen LogP contribution in [-0.2, 0) is 18.4 Å². The summed E-state index contributed by atoms with van der Waals surface area (Å²) in [5.41, 5.74) is 8.36. The van der Waals surface area contributed by atoms with Gasteiger partial charge in [-0.2, -0.15) is 0 Å². The number of unbranched alkanes of at least 4 members (excludes halogenated alkanes) is 16. The molecule has 0 amide bonds. The molecule has 5 rings (SSSR count). The van der Waals surface area contributed by atoms with Gasteiger partial charge in [0, 0.05) is 20.9 Å². The number of benzene rings is 1. The molecule has 0 N–H and O–H groups in total. The van der Waals surface area contributed by atoms with Crippen LogP contribution in [0.1, 0.15) is 236 Å². The molecule has 0 saturated heterocycles. The Hall–Kier alpha value is -2.24. The topological polar surface area (TPSA) is 35.0 Å². The lowest BCUT2D eigenvalue weighted by Crippen LogP contribution is -2.39. The highest BCUT2D eigenvalue weighted by Crippen LogP contribution is 2.58. The molecule has 0 spiro atoms. The molecule has 1 aliphatic rings. The molecular formula is C55H86N2OS2. The molecule has 0 aliphatic carbocycles. The fourth-order valence-corrected chi connectivity index (χ4v) is 12.4. The van der Waals surface area contributed by atoms with Crippen molar-refractivity contribution < 1.29 is 4.74 Å². The average Bonchev–Trinajstić information content (AvgIpc) is 3.86. The molecular weight excluding hydrogens is 769 g/mol. The number of ether oxygens (including phenoxy) is 1. The van der Waals surface area contributed by atoms with E-state index < -0.39 is 0 Å². The normalized spacial score (nSPS) is 15.9. The minimum Gasteiger partial charge on any atom is -0.481 e. The van der Waals surface area contributed by atoms with Crippen LogP contribution in [0.4, 0.5) is 0 Å². The van der Waals surface area contributed by atoms with Crippen molar-refractivity contribution in [2.45, 2.75) is 241 Å². The highest BCUT2D eigenvalue weighted by molar-refractivity contribution is 7.24. The Bertz CT molecular complexity index is 1820. The second kappa shape index (κ2) is 25.8. The highest BCUT2D eigenvalue weighted by atomic mass is 32.1. The smallest absolute Gasteiger partial charge is 0.140 e. The zero-order chi connectivity index (χ0) is 42.7. The van der Waals surface area contributed by atoms with Gasteiger partial charge in [-0.25, -0.2) is 9.97 Å². The van der Waals surface area contributed by atoms with Crippen LogP contribution in [0.5, 0.6) is 5.75 Å². The summed E-state index contributed by atoms with van der Waals surface area (Å²) in [5.74, 6) is 2.43. The van der Waals surface area contributed by atoms with Gasteiger partial charge in [0.2, 0.25) is 0 Å². The van der Waals surface area contributed by atoms with Crippen molar-refractivity contribution in [2.75, 3.05) is 0 Å². The minimum atomic E-state index is -0.281. The molecule has 2 unspecified atom stereocenters. The fourth-order valence-electron chi connectivity index (χ4n) is 10.0. The van der Waals surface area contributed by atoms with Gasteiger partial charge in [0.15, 0.2) is 0 Å². The lowest BCUT2D eigenvalue weighted by atomic mass is 9.74. The zero-order valence-electron chi connectivity index (χ0n) is 39.9. The lowest BCUT2D eigenvalue weighted by Gasteiger charge is -2.42. The van der Waals surface area contributed by atoms with Crippen LogP contribution in [0.2, 0.25) is 0 Å². The zero-order valence-corrected chi connectivity index (χ0v) is 41.5. The Morgan fingerprint density at radius 1 is 0.550 bits per heavy atom. The molecule has 3 aromatic heterocycles. The first-order valence-electron chi connectivity index (χ1n) is 25.5. The second-order valence-corrected chi connectivity index (χ2v) is 21.2. The number of aromatic nitrogens is 2. The Kier molecular flexibility index (Phi) is 21.0. The van der Waals surface area contributed by atoms with Gasteiger partial charge < -0.3 is 4.74 Å². The minimum absolute atomic E-state index is 0.281. The van der Waals surface area contributed by atoms with E-state index in [1.165, 1.54) is 202 Å². The Balaban J connectivity index is 1.49. The van der Waals surface area contributed by atoms with E-state index in [1.807, 2.05) is 22.7 Å². The molecule has 5 heteroatoms. The first kappa shape index (κ1) is 48.8. The van der Waals surface area contributed by atoms with E-state index in [0.29, 0.717) is 11.8 Å². The molecule has 0 fully saturated rings. The summed E-state index contributed by atoms with van der Waals surface area (Å²) in [4.78, 5) is 16.7. The van der Waals surface area contributed by atoms with Crippen molar-refractivity contribution in [2.24, 2.45) is 11.8 Å². The van der Waals surface area contributed by atoms with Crippen molar-refractivity contribution in [1.29, 1.82) is 0 Å². The number of hydrogen-bond acceptors (Lipinski definition) is 5. The molecule has 3 nitrogen and oxygen atoms in total. The second-order valence-electron chi connectivity index (χ2n) is 18.9. The van der Waals surface area contributed by atoms with E-state index >= 15 is 0 Å². The summed E-state index contributed by atoms with van der Waals surface area (Å²) in [5, 5.41) is 0. The summed E-state index contributed by atoms with van der Waals surface area (Å²) in [6.45, 7) is 18.7. The Labute approximate surface area is 376 Å². The standard InChI is InChI=1S/C55H86N2OS2/c1-9-15-19-21-23-25-27-29-33-47-48(34-30-28-26-24-22-20-16-10-2)57-52-45(36-35-41(7)51(52)56-47)50-38-49-54(60-50)53-46(37-42(8)59-53)55(58-49,39-43(13-5)31-17-11-3)40-44(14-6)32-18-12-4/h35-38,43-44H,9-34,39-40H2,1-8H3. The Morgan fingerprint density at radius 3 is 1.57 bits per heavy atom. The maximum atomic E-state index is 7.64. The number of aryl methyl sites for hydroxylation is 4. The monoisotopic (exact) mass is 855 g/mol. The van der Waals surface area contributed by atoms with Gasteiger partial charge in [-0.1, -0.05) is 195 Å². The van der Waals surface area contributed by atoms with Crippen LogP contribution in [0.15, 0.2) is 24.3 Å². The van der Waals surface area contributed by atoms with Crippen LogP contribution in [-0.4, -0.2) is 9.97 Å². The highest BCUT2D eigenvalue weighted by Gasteiger charge is 2.45. The van der Waals surface area contributed by atoms with E-state index in [0.717, 1.165) is 42.5 Å². The van der Waals surface area contributed by atoms with Crippen molar-refractivity contribution in [3.8, 4) is 25.9 Å². The van der Waals surface area contributed by atoms with Crippen LogP contribution < -0.4 is 4.74 Å². The molecule has 0 saturated carbocycles. The maximum absolute atomic E-state index is 7.64. The van der Waals surface area contributed by atoms with Crippen LogP contribution in [0.3, 0.4) is 0 Å². The fraction of sp³-hybridized carbons (Fsp3) is 0.709. The molecule has 1 aliphatic heterocycles. The third-order valence-electron chi connectivity index (χ3n) is 13.9. The number of rotatable bonds is 31. The van der Waals surface area contributed by atoms with Gasteiger partial charge in [-0.05, 0) is 81.9 Å². The molecule has 1 aromatic carbocycles. The predicted molar refractivity (Wildman–Crippen MR) is 266 cm³/mol. The van der Waals surface area contributed by atoms with Crippen LogP contribution >= 0.6 is 22.7 Å². The summed E-state index contributed by atoms with van der Waals surface area (Å²) in [6, 6.07) is 9.56. The molecule has 4 aromatic rings. The Morgan fingerprint density at radius 2 is 1.05 bits per heavy atom. The number of fused-ring (bicyclic) bond motifs is 4. The summed E-state index contributed by atoms with van der Waals surface area (Å²) >= 11 is 3.92. The van der Waals surface area contributed by atoms with E-state index in [9.17, 15) is 0 Å². The summed E-state index contributed by atoms with van der Waals surface area (Å²) in [7, 11) is 0. The van der Waals surface area contributed by atoms with Gasteiger partial charge in [0.1, 0.15) is 11.4 Å². The number of nitrogens with zero attached hydrogens (tertiary/aromatic N) is 2. The molecule has 0 radical (unpaired) electrons. The van der Waals surface area contributed by atoms with E-state index in [-0.39, 0.29) is 5.60 Å². The quantitative estimate of drug-likeness (QED) is 0.0473. The molecule has 60 heavy (non-hydrogen) atoms. The molecule has 334 valence electrons. The average molecular weight is 855 g/mol. The van der Waals surface area contributed by atoms with Gasteiger partial charge in [-0.15, -0.1) is 22.7 Å². The summed E-state index contributed by atoms with van der Waals surface area (Å²) in [6.07, 6.45) is 35.8. The van der Waals surface area contributed by atoms with Gasteiger partial charge in [-0.3, -0.25) is 0 Å². The van der Waals surface area contributed by atoms with E-state index in [1.54, 1.807) is 0 Å². The van der Waals surface area contributed by atoms with Crippen LogP contribution in [0, 0.1) is 25.7 Å². The molecule has 2 atom stereocenters. The van der Waals surface area contributed by atoms with Crippen LogP contribution in [0.25, 0.3) is 31.2 Å². The van der Waals surface area contributed by atoms with Gasteiger partial charge >= 0.3 is 0 Å². The third-order valence-corrected chi connectivity index (χ3v) is 16.2. The van der Waals surface area contributed by atoms with Crippen molar-refractivity contribution in [1.82, 2.24) is 9.97 Å². The van der Waals surface area contributed by atoms with Crippen molar-refractivity contribution >= 4 is 33.7 Å². The molecule has 0 bridgehead atoms. The van der Waals surface area contributed by atoms with E-state index in [4.69, 9.17) is 14.7 Å². The molecule has 4 heterocycles. The number of hydrogen-bond donors (Lipinski definition) is 0. The third kappa shape index (κ3) is 13.4. The predicted octanol–water partition coefficient (Wildman–Crippen LogP) is 18.9. The largest absolute Gasteiger partial charge is 0.481 e. The van der Waals surface area contributed by atoms with Gasteiger partial charge in [0.25, 0.3) is 0 Å². The van der Waals surface area contributed by atoms with E-state index in [2.05, 4.69) is 79.7 Å². The first-order chi connectivity index (χ1) is 29.3. The lowest BCUT2D eigenvalue weighted by molar-refractivity contribution is 0.00803.